The second-order valence-electron chi connectivity index (χ2n) is 3.79. The van der Waals surface area contributed by atoms with Crippen LogP contribution in [0, 0.1) is 11.6 Å². The standard InChI is InChI=1S/C12H13F2NO/c13-10-5-1-4-9(11(10)14)12(15)8-3-2-6-16-7-8/h1,4-5,7,12H,2-3,6,15H2. The molecule has 1 unspecified atom stereocenters. The van der Waals surface area contributed by atoms with Crippen molar-refractivity contribution in [2.45, 2.75) is 18.9 Å². The molecular weight excluding hydrogens is 212 g/mol. The Morgan fingerprint density at radius 3 is 2.81 bits per heavy atom. The van der Waals surface area contributed by atoms with Crippen molar-refractivity contribution in [1.82, 2.24) is 0 Å². The van der Waals surface area contributed by atoms with Gasteiger partial charge in [0.1, 0.15) is 0 Å². The molecule has 0 amide bonds. The maximum atomic E-state index is 13.5. The fourth-order valence-corrected chi connectivity index (χ4v) is 1.77. The van der Waals surface area contributed by atoms with Crippen molar-refractivity contribution in [2.24, 2.45) is 5.73 Å². The van der Waals surface area contributed by atoms with Gasteiger partial charge in [0.15, 0.2) is 11.6 Å². The van der Waals surface area contributed by atoms with Crippen molar-refractivity contribution < 1.29 is 13.5 Å². The highest BCUT2D eigenvalue weighted by Gasteiger charge is 2.19. The molecule has 0 aromatic heterocycles. The quantitative estimate of drug-likeness (QED) is 0.839. The van der Waals surface area contributed by atoms with Crippen LogP contribution in [0.3, 0.4) is 0 Å². The van der Waals surface area contributed by atoms with Crippen LogP contribution in [0.5, 0.6) is 0 Å². The number of nitrogens with two attached hydrogens (primary N) is 1. The smallest absolute Gasteiger partial charge is 0.163 e. The van der Waals surface area contributed by atoms with Crippen molar-refractivity contribution in [3.05, 3.63) is 47.2 Å². The highest BCUT2D eigenvalue weighted by molar-refractivity contribution is 5.29. The van der Waals surface area contributed by atoms with Gasteiger partial charge in [-0.3, -0.25) is 0 Å². The van der Waals surface area contributed by atoms with Gasteiger partial charge in [-0.25, -0.2) is 8.78 Å². The minimum atomic E-state index is -0.874. The summed E-state index contributed by atoms with van der Waals surface area (Å²) in [5.41, 5.74) is 6.86. The molecule has 16 heavy (non-hydrogen) atoms. The van der Waals surface area contributed by atoms with E-state index in [1.807, 2.05) is 0 Å². The van der Waals surface area contributed by atoms with Crippen LogP contribution in [-0.4, -0.2) is 6.61 Å². The Labute approximate surface area is 92.7 Å². The van der Waals surface area contributed by atoms with Gasteiger partial charge in [0, 0.05) is 5.56 Å². The molecule has 4 heteroatoms. The molecule has 0 bridgehead atoms. The average molecular weight is 225 g/mol. The molecule has 86 valence electrons. The summed E-state index contributed by atoms with van der Waals surface area (Å²) in [4.78, 5) is 0. The number of benzene rings is 1. The first-order chi connectivity index (χ1) is 7.70. The predicted molar refractivity (Wildman–Crippen MR) is 56.6 cm³/mol. The van der Waals surface area contributed by atoms with Crippen LogP contribution in [0.1, 0.15) is 24.4 Å². The molecule has 0 fully saturated rings. The van der Waals surface area contributed by atoms with E-state index in [0.29, 0.717) is 6.61 Å². The van der Waals surface area contributed by atoms with Crippen LogP contribution in [0.4, 0.5) is 8.78 Å². The first-order valence-corrected chi connectivity index (χ1v) is 5.20. The lowest BCUT2D eigenvalue weighted by Gasteiger charge is -2.20. The van der Waals surface area contributed by atoms with Crippen molar-refractivity contribution in [3.63, 3.8) is 0 Å². The molecule has 0 saturated carbocycles. The molecule has 2 rings (SSSR count). The van der Waals surface area contributed by atoms with E-state index >= 15 is 0 Å². The van der Waals surface area contributed by atoms with E-state index in [1.54, 1.807) is 6.26 Å². The Morgan fingerprint density at radius 2 is 2.12 bits per heavy atom. The van der Waals surface area contributed by atoms with E-state index in [9.17, 15) is 8.78 Å². The van der Waals surface area contributed by atoms with Crippen LogP contribution >= 0.6 is 0 Å². The summed E-state index contributed by atoms with van der Waals surface area (Å²) < 4.78 is 31.6. The first-order valence-electron chi connectivity index (χ1n) is 5.20. The summed E-state index contributed by atoms with van der Waals surface area (Å²) in [6, 6.07) is 3.41. The largest absolute Gasteiger partial charge is 0.501 e. The average Bonchev–Trinajstić information content (AvgIpc) is 2.33. The molecule has 2 N–H and O–H groups in total. The first kappa shape index (κ1) is 11.1. The molecule has 1 heterocycles. The predicted octanol–water partition coefficient (Wildman–Crippen LogP) is 2.66. The van der Waals surface area contributed by atoms with Crippen LogP contribution in [0.15, 0.2) is 30.0 Å². The molecule has 1 aromatic carbocycles. The topological polar surface area (TPSA) is 35.2 Å². The molecular formula is C12H13F2NO. The van der Waals surface area contributed by atoms with Crippen LogP contribution < -0.4 is 5.73 Å². The van der Waals surface area contributed by atoms with Gasteiger partial charge in [0.05, 0.1) is 18.9 Å². The van der Waals surface area contributed by atoms with Crippen molar-refractivity contribution in [2.75, 3.05) is 6.61 Å². The highest BCUT2D eigenvalue weighted by Crippen LogP contribution is 2.27. The Bertz CT molecular complexity index is 417. The summed E-state index contributed by atoms with van der Waals surface area (Å²) >= 11 is 0. The fourth-order valence-electron chi connectivity index (χ4n) is 1.77. The van der Waals surface area contributed by atoms with Gasteiger partial charge in [0.2, 0.25) is 0 Å². The number of rotatable bonds is 2. The Hall–Kier alpha value is -1.42. The summed E-state index contributed by atoms with van der Waals surface area (Å²) in [7, 11) is 0. The third-order valence-electron chi connectivity index (χ3n) is 2.68. The monoisotopic (exact) mass is 225 g/mol. The minimum absolute atomic E-state index is 0.178. The van der Waals surface area contributed by atoms with Crippen molar-refractivity contribution in [1.29, 1.82) is 0 Å². The number of hydrogen-bond donors (Lipinski definition) is 1. The molecule has 0 saturated heterocycles. The molecule has 0 radical (unpaired) electrons. The molecule has 1 aromatic rings. The third-order valence-corrected chi connectivity index (χ3v) is 2.68. The SMILES string of the molecule is NC(C1=COCCC1)c1cccc(F)c1F. The van der Waals surface area contributed by atoms with Gasteiger partial charge in [-0.2, -0.15) is 0 Å². The van der Waals surface area contributed by atoms with Gasteiger partial charge in [-0.05, 0) is 24.5 Å². The molecule has 2 nitrogen and oxygen atoms in total. The molecule has 1 aliphatic heterocycles. The van der Waals surface area contributed by atoms with Crippen molar-refractivity contribution >= 4 is 0 Å². The number of hydrogen-bond acceptors (Lipinski definition) is 2. The van der Waals surface area contributed by atoms with Gasteiger partial charge in [-0.15, -0.1) is 0 Å². The van der Waals surface area contributed by atoms with E-state index in [1.165, 1.54) is 12.1 Å². The van der Waals surface area contributed by atoms with Crippen molar-refractivity contribution in [3.8, 4) is 0 Å². The lowest BCUT2D eigenvalue weighted by atomic mass is 9.96. The van der Waals surface area contributed by atoms with E-state index in [-0.39, 0.29) is 5.56 Å². The Kier molecular flexibility index (Phi) is 3.19. The summed E-state index contributed by atoms with van der Waals surface area (Å²) in [5.74, 6) is -1.74. The van der Waals surface area contributed by atoms with Gasteiger partial charge in [-0.1, -0.05) is 12.1 Å². The Morgan fingerprint density at radius 1 is 1.31 bits per heavy atom. The Balaban J connectivity index is 2.29. The fraction of sp³-hybridized carbons (Fsp3) is 0.333. The van der Waals surface area contributed by atoms with Gasteiger partial charge < -0.3 is 10.5 Å². The second-order valence-corrected chi connectivity index (χ2v) is 3.79. The van der Waals surface area contributed by atoms with E-state index in [2.05, 4.69) is 0 Å². The number of halogens is 2. The van der Waals surface area contributed by atoms with E-state index in [0.717, 1.165) is 24.5 Å². The molecule has 1 atom stereocenters. The van der Waals surface area contributed by atoms with Gasteiger partial charge in [0.25, 0.3) is 0 Å². The number of ether oxygens (including phenoxy) is 1. The molecule has 0 spiro atoms. The normalized spacial score (nSPS) is 17.6. The van der Waals surface area contributed by atoms with Gasteiger partial charge >= 0.3 is 0 Å². The molecule has 0 aliphatic carbocycles. The maximum Gasteiger partial charge on any atom is 0.163 e. The summed E-state index contributed by atoms with van der Waals surface area (Å²) in [5, 5.41) is 0. The summed E-state index contributed by atoms with van der Waals surface area (Å²) in [6.07, 6.45) is 3.17. The summed E-state index contributed by atoms with van der Waals surface area (Å²) in [6.45, 7) is 0.655. The zero-order chi connectivity index (χ0) is 11.5. The van der Waals surface area contributed by atoms with E-state index < -0.39 is 17.7 Å². The van der Waals surface area contributed by atoms with E-state index in [4.69, 9.17) is 10.5 Å². The zero-order valence-corrected chi connectivity index (χ0v) is 8.75. The highest BCUT2D eigenvalue weighted by atomic mass is 19.2. The maximum absolute atomic E-state index is 13.5. The zero-order valence-electron chi connectivity index (χ0n) is 8.75. The molecule has 1 aliphatic rings. The lowest BCUT2D eigenvalue weighted by Crippen LogP contribution is -2.18. The minimum Gasteiger partial charge on any atom is -0.501 e. The van der Waals surface area contributed by atoms with Crippen LogP contribution in [0.2, 0.25) is 0 Å². The second kappa shape index (κ2) is 4.61. The van der Waals surface area contributed by atoms with Crippen LogP contribution in [-0.2, 0) is 4.74 Å². The van der Waals surface area contributed by atoms with Crippen LogP contribution in [0.25, 0.3) is 0 Å². The third kappa shape index (κ3) is 2.07. The lowest BCUT2D eigenvalue weighted by molar-refractivity contribution is 0.221.